The highest BCUT2D eigenvalue weighted by Gasteiger charge is 2.20. The molecule has 0 unspecified atom stereocenters. The number of nitrogens with zero attached hydrogens (tertiary/aromatic N) is 3. The Kier molecular flexibility index (Phi) is 4.88. The van der Waals surface area contributed by atoms with Crippen molar-refractivity contribution in [2.45, 2.75) is 19.4 Å². The van der Waals surface area contributed by atoms with E-state index in [1.165, 1.54) is 11.3 Å². The van der Waals surface area contributed by atoms with Gasteiger partial charge in [0.25, 0.3) is 5.91 Å². The van der Waals surface area contributed by atoms with Crippen LogP contribution in [0.1, 0.15) is 28.0 Å². The molecule has 0 aliphatic carbocycles. The van der Waals surface area contributed by atoms with Crippen molar-refractivity contribution in [3.05, 3.63) is 89.7 Å². The Morgan fingerprint density at radius 1 is 1.07 bits per heavy atom. The number of pyridine rings is 1. The maximum Gasteiger partial charge on any atom is 0.272 e. The average molecular weight is 357 g/mol. The Balaban J connectivity index is 1.57. The molecular weight excluding hydrogens is 334 g/mol. The number of aromatic nitrogens is 1. The fraction of sp³-hybridized carbons (Fsp3) is 0.217. The van der Waals surface area contributed by atoms with Gasteiger partial charge in [0.15, 0.2) is 0 Å². The van der Waals surface area contributed by atoms with Crippen LogP contribution < -0.4 is 4.90 Å². The summed E-state index contributed by atoms with van der Waals surface area (Å²) in [6.45, 7) is 1.52. The van der Waals surface area contributed by atoms with Crippen molar-refractivity contribution in [1.29, 1.82) is 0 Å². The molecule has 4 rings (SSSR count). The minimum Gasteiger partial charge on any atom is -0.341 e. The van der Waals surface area contributed by atoms with Crippen LogP contribution in [0, 0.1) is 0 Å². The molecular formula is C23H23N3O. The Bertz CT molecular complexity index is 939. The van der Waals surface area contributed by atoms with Gasteiger partial charge in [0.1, 0.15) is 5.69 Å². The van der Waals surface area contributed by atoms with E-state index >= 15 is 0 Å². The molecule has 1 amide bonds. The van der Waals surface area contributed by atoms with Crippen LogP contribution in [-0.4, -0.2) is 29.4 Å². The van der Waals surface area contributed by atoms with Crippen LogP contribution in [-0.2, 0) is 13.0 Å². The number of carbonyl (C=O) groups excluding carboxylic acids is 1. The number of fused-ring (bicyclic) bond motifs is 1. The van der Waals surface area contributed by atoms with Gasteiger partial charge in [-0.05, 0) is 42.2 Å². The molecule has 27 heavy (non-hydrogen) atoms. The van der Waals surface area contributed by atoms with Gasteiger partial charge in [-0.2, -0.15) is 0 Å². The number of carbonyl (C=O) groups is 1. The first-order valence-electron chi connectivity index (χ1n) is 9.33. The van der Waals surface area contributed by atoms with E-state index < -0.39 is 0 Å². The second-order valence-electron chi connectivity index (χ2n) is 6.93. The molecule has 0 spiro atoms. The highest BCUT2D eigenvalue weighted by atomic mass is 16.2. The fourth-order valence-corrected chi connectivity index (χ4v) is 3.63. The van der Waals surface area contributed by atoms with E-state index in [1.807, 2.05) is 49.5 Å². The molecule has 0 fully saturated rings. The van der Waals surface area contributed by atoms with Crippen LogP contribution in [0.25, 0.3) is 0 Å². The molecule has 0 saturated carbocycles. The summed E-state index contributed by atoms with van der Waals surface area (Å²) >= 11 is 0. The lowest BCUT2D eigenvalue weighted by Crippen LogP contribution is -2.28. The zero-order valence-electron chi connectivity index (χ0n) is 15.5. The first-order chi connectivity index (χ1) is 13.2. The van der Waals surface area contributed by atoms with E-state index in [2.05, 4.69) is 34.1 Å². The van der Waals surface area contributed by atoms with E-state index in [1.54, 1.807) is 11.1 Å². The maximum absolute atomic E-state index is 12.9. The third-order valence-corrected chi connectivity index (χ3v) is 4.99. The second-order valence-corrected chi connectivity index (χ2v) is 6.93. The number of hydrogen-bond donors (Lipinski definition) is 0. The van der Waals surface area contributed by atoms with Crippen LogP contribution in [0.4, 0.5) is 11.4 Å². The highest BCUT2D eigenvalue weighted by Crippen LogP contribution is 2.33. The van der Waals surface area contributed by atoms with Crippen molar-refractivity contribution in [1.82, 2.24) is 9.88 Å². The number of amides is 1. The van der Waals surface area contributed by atoms with E-state index in [0.29, 0.717) is 12.2 Å². The molecule has 1 aromatic heterocycles. The molecule has 0 atom stereocenters. The van der Waals surface area contributed by atoms with Crippen LogP contribution in [0.2, 0.25) is 0 Å². The van der Waals surface area contributed by atoms with Gasteiger partial charge in [0, 0.05) is 37.7 Å². The monoisotopic (exact) mass is 357 g/mol. The summed E-state index contributed by atoms with van der Waals surface area (Å²) in [5, 5.41) is 0. The maximum atomic E-state index is 12.9. The van der Waals surface area contributed by atoms with Gasteiger partial charge in [-0.1, -0.05) is 48.5 Å². The van der Waals surface area contributed by atoms with E-state index in [9.17, 15) is 4.79 Å². The third-order valence-electron chi connectivity index (χ3n) is 4.99. The van der Waals surface area contributed by atoms with Gasteiger partial charge in [-0.3, -0.25) is 9.78 Å². The molecule has 136 valence electrons. The van der Waals surface area contributed by atoms with Crippen LogP contribution in [0.5, 0.6) is 0 Å². The first-order valence-corrected chi connectivity index (χ1v) is 9.33. The molecule has 1 aliphatic rings. The van der Waals surface area contributed by atoms with Gasteiger partial charge in [0.05, 0.1) is 0 Å². The van der Waals surface area contributed by atoms with Crippen LogP contribution in [0.3, 0.4) is 0 Å². The van der Waals surface area contributed by atoms with Crippen LogP contribution >= 0.6 is 0 Å². The zero-order valence-corrected chi connectivity index (χ0v) is 15.5. The normalized spacial score (nSPS) is 13.1. The largest absolute Gasteiger partial charge is 0.341 e. The predicted molar refractivity (Wildman–Crippen MR) is 108 cm³/mol. The van der Waals surface area contributed by atoms with Gasteiger partial charge >= 0.3 is 0 Å². The molecule has 1 aliphatic heterocycles. The number of rotatable bonds is 4. The molecule has 0 saturated heterocycles. The number of aryl methyl sites for hydroxylation is 1. The third kappa shape index (κ3) is 3.70. The van der Waals surface area contributed by atoms with Crippen molar-refractivity contribution in [2.75, 3.05) is 18.5 Å². The molecule has 4 nitrogen and oxygen atoms in total. The Morgan fingerprint density at radius 2 is 1.85 bits per heavy atom. The summed E-state index contributed by atoms with van der Waals surface area (Å²) in [4.78, 5) is 21.2. The fourth-order valence-electron chi connectivity index (χ4n) is 3.63. The lowest BCUT2D eigenvalue weighted by molar-refractivity contribution is 0.0779. The van der Waals surface area contributed by atoms with Crippen molar-refractivity contribution < 1.29 is 4.79 Å². The van der Waals surface area contributed by atoms with E-state index in [-0.39, 0.29) is 5.91 Å². The Morgan fingerprint density at radius 3 is 2.70 bits per heavy atom. The highest BCUT2D eigenvalue weighted by molar-refractivity contribution is 5.93. The standard InChI is InChI=1S/C23H23N3O/c1-25(17-18-8-3-2-4-9-18)23(27)21-16-20(13-14-24-21)26-15-7-11-19-10-5-6-12-22(19)26/h2-6,8-10,12-14,16H,7,11,15,17H2,1H3. The summed E-state index contributed by atoms with van der Waals surface area (Å²) in [5.74, 6) is -0.0639. The number of benzene rings is 2. The van der Waals surface area contributed by atoms with Crippen molar-refractivity contribution in [3.63, 3.8) is 0 Å². The SMILES string of the molecule is CN(Cc1ccccc1)C(=O)c1cc(N2CCCc3ccccc32)ccn1. The van der Waals surface area contributed by atoms with Crippen LogP contribution in [0.15, 0.2) is 72.9 Å². The molecule has 2 aromatic carbocycles. The Hall–Kier alpha value is -3.14. The van der Waals surface area contributed by atoms with Crippen molar-refractivity contribution >= 4 is 17.3 Å². The summed E-state index contributed by atoms with van der Waals surface area (Å²) in [7, 11) is 1.82. The zero-order chi connectivity index (χ0) is 18.6. The summed E-state index contributed by atoms with van der Waals surface area (Å²) in [5.41, 5.74) is 5.19. The molecule has 2 heterocycles. The predicted octanol–water partition coefficient (Wildman–Crippen LogP) is 4.44. The number of anilines is 2. The smallest absolute Gasteiger partial charge is 0.272 e. The van der Waals surface area contributed by atoms with Gasteiger partial charge in [-0.15, -0.1) is 0 Å². The number of para-hydroxylation sites is 1. The van der Waals surface area contributed by atoms with E-state index in [0.717, 1.165) is 30.6 Å². The minimum absolute atomic E-state index is 0.0639. The molecule has 4 heteroatoms. The summed E-state index contributed by atoms with van der Waals surface area (Å²) in [6.07, 6.45) is 3.94. The number of hydrogen-bond acceptors (Lipinski definition) is 3. The van der Waals surface area contributed by atoms with Gasteiger partial charge in [0.2, 0.25) is 0 Å². The van der Waals surface area contributed by atoms with Crippen molar-refractivity contribution in [3.8, 4) is 0 Å². The molecule has 0 radical (unpaired) electrons. The van der Waals surface area contributed by atoms with Crippen molar-refractivity contribution in [2.24, 2.45) is 0 Å². The molecule has 0 N–H and O–H groups in total. The topological polar surface area (TPSA) is 36.4 Å². The first kappa shape index (κ1) is 17.3. The minimum atomic E-state index is -0.0639. The molecule has 3 aromatic rings. The lowest BCUT2D eigenvalue weighted by atomic mass is 10.0. The molecule has 0 bridgehead atoms. The quantitative estimate of drug-likeness (QED) is 0.693. The average Bonchev–Trinajstić information content (AvgIpc) is 2.73. The van der Waals surface area contributed by atoms with E-state index in [4.69, 9.17) is 0 Å². The Labute approximate surface area is 160 Å². The summed E-state index contributed by atoms with van der Waals surface area (Å²) < 4.78 is 0. The lowest BCUT2D eigenvalue weighted by Gasteiger charge is -2.31. The summed E-state index contributed by atoms with van der Waals surface area (Å²) in [6, 6.07) is 22.4. The van der Waals surface area contributed by atoms with Gasteiger partial charge in [-0.25, -0.2) is 0 Å². The second kappa shape index (κ2) is 7.62. The van der Waals surface area contributed by atoms with Gasteiger partial charge < -0.3 is 9.80 Å².